The van der Waals surface area contributed by atoms with Crippen molar-refractivity contribution in [3.8, 4) is 0 Å². The third-order valence-electron chi connectivity index (χ3n) is 3.70. The van der Waals surface area contributed by atoms with Crippen LogP contribution in [0.3, 0.4) is 0 Å². The van der Waals surface area contributed by atoms with Crippen LogP contribution in [0.2, 0.25) is 0 Å². The van der Waals surface area contributed by atoms with E-state index in [-0.39, 0.29) is 31.1 Å². The normalized spacial score (nSPS) is 30.1. The van der Waals surface area contributed by atoms with E-state index in [1.165, 1.54) is 12.1 Å². The van der Waals surface area contributed by atoms with E-state index >= 15 is 0 Å². The summed E-state index contributed by atoms with van der Waals surface area (Å²) in [5.41, 5.74) is 6.46. The van der Waals surface area contributed by atoms with Crippen LogP contribution in [0.1, 0.15) is 5.56 Å². The van der Waals surface area contributed by atoms with Crippen LogP contribution in [0, 0.1) is 5.82 Å². The standard InChI is InChI=1S/C14H21FN2O3/c1-17(7-9-3-2-4-10(15)5-9)13-11(6-16)20-12(8-18)14(13)19/h2-5,11-14,18-19H,6-8,16H2,1H3/t11-,12+,13+,14-/m1/s1. The molecule has 1 aliphatic heterocycles. The third kappa shape index (κ3) is 3.16. The van der Waals surface area contributed by atoms with Gasteiger partial charge < -0.3 is 20.7 Å². The molecule has 0 bridgehead atoms. The van der Waals surface area contributed by atoms with E-state index in [9.17, 15) is 14.6 Å². The summed E-state index contributed by atoms with van der Waals surface area (Å²) in [5.74, 6) is -0.289. The Morgan fingerprint density at radius 1 is 1.40 bits per heavy atom. The van der Waals surface area contributed by atoms with E-state index in [1.807, 2.05) is 18.0 Å². The van der Waals surface area contributed by atoms with Crippen LogP contribution in [0.15, 0.2) is 24.3 Å². The zero-order valence-electron chi connectivity index (χ0n) is 11.4. The van der Waals surface area contributed by atoms with Gasteiger partial charge in [-0.1, -0.05) is 12.1 Å². The first-order chi connectivity index (χ1) is 9.56. The highest BCUT2D eigenvalue weighted by Crippen LogP contribution is 2.25. The second kappa shape index (κ2) is 6.60. The Labute approximate surface area is 117 Å². The Bertz CT molecular complexity index is 444. The molecule has 0 unspecified atom stereocenters. The number of hydrogen-bond acceptors (Lipinski definition) is 5. The fourth-order valence-electron chi connectivity index (χ4n) is 2.74. The Balaban J connectivity index is 2.09. The Morgan fingerprint density at radius 3 is 2.75 bits per heavy atom. The van der Waals surface area contributed by atoms with Crippen molar-refractivity contribution < 1.29 is 19.3 Å². The number of nitrogens with zero attached hydrogens (tertiary/aromatic N) is 1. The smallest absolute Gasteiger partial charge is 0.123 e. The van der Waals surface area contributed by atoms with Gasteiger partial charge in [-0.25, -0.2) is 4.39 Å². The molecule has 5 nitrogen and oxygen atoms in total. The number of benzene rings is 1. The van der Waals surface area contributed by atoms with E-state index < -0.39 is 12.2 Å². The van der Waals surface area contributed by atoms with Crippen LogP contribution in [0.4, 0.5) is 4.39 Å². The molecule has 6 heteroatoms. The molecule has 20 heavy (non-hydrogen) atoms. The quantitative estimate of drug-likeness (QED) is 0.692. The molecule has 112 valence electrons. The van der Waals surface area contributed by atoms with Gasteiger partial charge in [0.1, 0.15) is 18.0 Å². The lowest BCUT2D eigenvalue weighted by Gasteiger charge is -2.30. The van der Waals surface area contributed by atoms with Gasteiger partial charge >= 0.3 is 0 Å². The Morgan fingerprint density at radius 2 is 2.15 bits per heavy atom. The summed E-state index contributed by atoms with van der Waals surface area (Å²) in [7, 11) is 1.82. The number of nitrogens with two attached hydrogens (primary N) is 1. The molecule has 1 fully saturated rings. The molecular weight excluding hydrogens is 263 g/mol. The predicted molar refractivity (Wildman–Crippen MR) is 72.5 cm³/mol. The number of rotatable bonds is 5. The minimum atomic E-state index is -0.813. The maximum atomic E-state index is 13.2. The molecule has 0 radical (unpaired) electrons. The van der Waals surface area contributed by atoms with Gasteiger partial charge in [-0.3, -0.25) is 4.90 Å². The minimum Gasteiger partial charge on any atom is -0.394 e. The van der Waals surface area contributed by atoms with Crippen LogP contribution in [0.5, 0.6) is 0 Å². The fourth-order valence-corrected chi connectivity index (χ4v) is 2.74. The van der Waals surface area contributed by atoms with Gasteiger partial charge in [-0.05, 0) is 24.7 Å². The van der Waals surface area contributed by atoms with Crippen molar-refractivity contribution in [1.29, 1.82) is 0 Å². The zero-order chi connectivity index (χ0) is 14.7. The molecule has 4 N–H and O–H groups in total. The highest BCUT2D eigenvalue weighted by molar-refractivity contribution is 5.16. The molecule has 1 aromatic carbocycles. The number of halogens is 1. The summed E-state index contributed by atoms with van der Waals surface area (Å²) in [5, 5.41) is 19.4. The van der Waals surface area contributed by atoms with E-state index in [4.69, 9.17) is 10.5 Å². The lowest BCUT2D eigenvalue weighted by Crippen LogP contribution is -2.48. The average molecular weight is 284 g/mol. The van der Waals surface area contributed by atoms with Crippen LogP contribution in [-0.2, 0) is 11.3 Å². The molecule has 0 aliphatic carbocycles. The van der Waals surface area contributed by atoms with Crippen molar-refractivity contribution in [2.45, 2.75) is 30.9 Å². The highest BCUT2D eigenvalue weighted by Gasteiger charge is 2.44. The molecule has 1 saturated heterocycles. The van der Waals surface area contributed by atoms with Gasteiger partial charge in [0, 0.05) is 13.1 Å². The average Bonchev–Trinajstić information content (AvgIpc) is 2.75. The number of aliphatic hydroxyl groups is 2. The molecule has 0 amide bonds. The van der Waals surface area contributed by atoms with Gasteiger partial charge in [0.15, 0.2) is 0 Å². The first-order valence-corrected chi connectivity index (χ1v) is 6.66. The largest absolute Gasteiger partial charge is 0.394 e. The maximum absolute atomic E-state index is 13.2. The molecular formula is C14H21FN2O3. The summed E-state index contributed by atoms with van der Waals surface area (Å²) in [4.78, 5) is 1.88. The second-order valence-corrected chi connectivity index (χ2v) is 5.16. The molecule has 1 aromatic rings. The highest BCUT2D eigenvalue weighted by atomic mass is 19.1. The van der Waals surface area contributed by atoms with Gasteiger partial charge in [0.05, 0.1) is 18.8 Å². The van der Waals surface area contributed by atoms with Crippen molar-refractivity contribution >= 4 is 0 Å². The Hall–Kier alpha value is -1.05. The molecule has 0 spiro atoms. The van der Waals surface area contributed by atoms with Crippen LogP contribution in [0.25, 0.3) is 0 Å². The minimum absolute atomic E-state index is 0.248. The van der Waals surface area contributed by atoms with E-state index in [2.05, 4.69) is 0 Å². The van der Waals surface area contributed by atoms with Crippen molar-refractivity contribution in [1.82, 2.24) is 4.90 Å². The summed E-state index contributed by atoms with van der Waals surface area (Å²) in [6.07, 6.45) is -1.78. The summed E-state index contributed by atoms with van der Waals surface area (Å²) in [6.45, 7) is 0.477. The van der Waals surface area contributed by atoms with Gasteiger partial charge in [0.25, 0.3) is 0 Å². The summed E-state index contributed by atoms with van der Waals surface area (Å²) >= 11 is 0. The first kappa shape index (κ1) is 15.3. The van der Waals surface area contributed by atoms with Crippen molar-refractivity contribution in [3.05, 3.63) is 35.6 Å². The molecule has 1 heterocycles. The summed E-state index contributed by atoms with van der Waals surface area (Å²) < 4.78 is 18.7. The van der Waals surface area contributed by atoms with Crippen molar-refractivity contribution in [2.75, 3.05) is 20.2 Å². The van der Waals surface area contributed by atoms with Crippen molar-refractivity contribution in [3.63, 3.8) is 0 Å². The topological polar surface area (TPSA) is 79.0 Å². The van der Waals surface area contributed by atoms with Gasteiger partial charge in [0.2, 0.25) is 0 Å². The zero-order valence-corrected chi connectivity index (χ0v) is 11.4. The summed E-state index contributed by atoms with van der Waals surface area (Å²) in [6, 6.07) is 6.00. The van der Waals surface area contributed by atoms with Gasteiger partial charge in [-0.15, -0.1) is 0 Å². The number of likely N-dealkylation sites (N-methyl/N-ethyl adjacent to an activating group) is 1. The molecule has 1 aliphatic rings. The molecule has 0 saturated carbocycles. The molecule has 4 atom stereocenters. The van der Waals surface area contributed by atoms with Crippen LogP contribution >= 0.6 is 0 Å². The SMILES string of the molecule is CN(Cc1cccc(F)c1)[C@@H]1[C@H](O)[C@H](CO)O[C@@H]1CN. The van der Waals surface area contributed by atoms with E-state index in [0.717, 1.165) is 5.56 Å². The van der Waals surface area contributed by atoms with E-state index in [1.54, 1.807) is 6.07 Å². The fraction of sp³-hybridized carbons (Fsp3) is 0.571. The predicted octanol–water partition coefficient (Wildman–Crippen LogP) is -0.295. The maximum Gasteiger partial charge on any atom is 0.123 e. The van der Waals surface area contributed by atoms with Crippen LogP contribution < -0.4 is 5.73 Å². The number of ether oxygens (including phenoxy) is 1. The molecule has 0 aromatic heterocycles. The lowest BCUT2D eigenvalue weighted by molar-refractivity contribution is -0.0193. The Kier molecular flexibility index (Phi) is 5.06. The first-order valence-electron chi connectivity index (χ1n) is 6.66. The molecule has 2 rings (SSSR count). The van der Waals surface area contributed by atoms with Crippen LogP contribution in [-0.4, -0.2) is 59.7 Å². The number of aliphatic hydroxyl groups excluding tert-OH is 2. The van der Waals surface area contributed by atoms with E-state index in [0.29, 0.717) is 6.54 Å². The van der Waals surface area contributed by atoms with Crippen molar-refractivity contribution in [2.24, 2.45) is 5.73 Å². The lowest BCUT2D eigenvalue weighted by atomic mass is 10.0. The third-order valence-corrected chi connectivity index (χ3v) is 3.70. The second-order valence-electron chi connectivity index (χ2n) is 5.16. The monoisotopic (exact) mass is 284 g/mol. The number of hydrogen-bond donors (Lipinski definition) is 3. The van der Waals surface area contributed by atoms with Gasteiger partial charge in [-0.2, -0.15) is 0 Å².